The summed E-state index contributed by atoms with van der Waals surface area (Å²) in [5, 5.41) is 9.02. The summed E-state index contributed by atoms with van der Waals surface area (Å²) >= 11 is 0.599. The first-order valence-electron chi connectivity index (χ1n) is 6.32. The second-order valence-electron chi connectivity index (χ2n) is 4.31. The van der Waals surface area contributed by atoms with E-state index in [1.165, 1.54) is 0 Å². The third-order valence-electron chi connectivity index (χ3n) is 2.77. The second kappa shape index (κ2) is 7.03. The number of carboxylic acids is 1. The lowest BCUT2D eigenvalue weighted by molar-refractivity contribution is -0.141. The van der Waals surface area contributed by atoms with Crippen LogP contribution in [0.1, 0.15) is 47.1 Å². The number of aromatic nitrogens is 1. The van der Waals surface area contributed by atoms with E-state index in [9.17, 15) is 18.0 Å². The minimum atomic E-state index is -4.73. The molecule has 1 heterocycles. The van der Waals surface area contributed by atoms with Gasteiger partial charge >= 0.3 is 12.1 Å². The van der Waals surface area contributed by atoms with Crippen molar-refractivity contribution in [2.24, 2.45) is 0 Å². The summed E-state index contributed by atoms with van der Waals surface area (Å²) in [7, 11) is 0. The number of aromatic carboxylic acids is 1. The molecule has 1 aromatic heterocycles. The van der Waals surface area contributed by atoms with Crippen molar-refractivity contribution in [1.29, 1.82) is 0 Å². The molecular formula is C12H17F3N2O2S. The number of hydrogen-bond donors (Lipinski definition) is 1. The van der Waals surface area contributed by atoms with E-state index in [-0.39, 0.29) is 11.6 Å². The average molecular weight is 310 g/mol. The summed E-state index contributed by atoms with van der Waals surface area (Å²) in [5.74, 6) is -1.59. The van der Waals surface area contributed by atoms with Crippen molar-refractivity contribution in [2.45, 2.75) is 39.4 Å². The van der Waals surface area contributed by atoms with Crippen LogP contribution in [0.25, 0.3) is 0 Å². The van der Waals surface area contributed by atoms with Crippen LogP contribution >= 0.6 is 11.3 Å². The highest BCUT2D eigenvalue weighted by atomic mass is 32.1. The van der Waals surface area contributed by atoms with Gasteiger partial charge in [0.1, 0.15) is 9.88 Å². The van der Waals surface area contributed by atoms with Crippen molar-refractivity contribution >= 4 is 17.3 Å². The molecule has 0 aliphatic carbocycles. The highest BCUT2D eigenvalue weighted by Gasteiger charge is 2.39. The standard InChI is InChI=1S/C12H17F3N2O2S/c1-3-5-6-17(4-2)7-8-16-10(12(13,14)15)9(20-8)11(18)19/h3-7H2,1-2H3,(H,18,19). The van der Waals surface area contributed by atoms with E-state index in [4.69, 9.17) is 5.11 Å². The highest BCUT2D eigenvalue weighted by Crippen LogP contribution is 2.34. The first kappa shape index (κ1) is 16.9. The molecule has 1 N–H and O–H groups in total. The van der Waals surface area contributed by atoms with Gasteiger partial charge in [0.05, 0.1) is 6.54 Å². The number of rotatable bonds is 7. The van der Waals surface area contributed by atoms with Crippen LogP contribution < -0.4 is 0 Å². The van der Waals surface area contributed by atoms with E-state index >= 15 is 0 Å². The van der Waals surface area contributed by atoms with Crippen LogP contribution in [0.15, 0.2) is 0 Å². The van der Waals surface area contributed by atoms with Crippen molar-refractivity contribution < 1.29 is 23.1 Å². The summed E-state index contributed by atoms with van der Waals surface area (Å²) in [6, 6.07) is 0. The number of alkyl halides is 3. The highest BCUT2D eigenvalue weighted by molar-refractivity contribution is 7.13. The smallest absolute Gasteiger partial charge is 0.435 e. The molecule has 0 atom stereocenters. The lowest BCUT2D eigenvalue weighted by Gasteiger charge is -2.18. The van der Waals surface area contributed by atoms with Gasteiger partial charge in [-0.15, -0.1) is 11.3 Å². The number of carboxylic acid groups (broad SMARTS) is 1. The van der Waals surface area contributed by atoms with E-state index in [2.05, 4.69) is 4.98 Å². The second-order valence-corrected chi connectivity index (χ2v) is 5.39. The van der Waals surface area contributed by atoms with Gasteiger partial charge < -0.3 is 5.11 Å². The summed E-state index contributed by atoms with van der Waals surface area (Å²) in [5.41, 5.74) is -1.29. The summed E-state index contributed by atoms with van der Waals surface area (Å²) in [6.45, 7) is 5.63. The molecule has 0 radical (unpaired) electrons. The number of unbranched alkanes of at least 4 members (excludes halogenated alkanes) is 1. The lowest BCUT2D eigenvalue weighted by Crippen LogP contribution is -2.24. The fourth-order valence-electron chi connectivity index (χ4n) is 1.69. The van der Waals surface area contributed by atoms with Crippen LogP contribution in [0.5, 0.6) is 0 Å². The van der Waals surface area contributed by atoms with Crippen molar-refractivity contribution in [3.05, 3.63) is 15.6 Å². The third-order valence-corrected chi connectivity index (χ3v) is 3.80. The molecule has 0 amide bonds. The SMILES string of the molecule is CCCCN(CC)Cc1nc(C(F)(F)F)c(C(=O)O)s1. The molecule has 0 unspecified atom stereocenters. The van der Waals surface area contributed by atoms with Crippen LogP contribution in [-0.4, -0.2) is 34.0 Å². The summed E-state index contributed by atoms with van der Waals surface area (Å²) in [6.07, 6.45) is -2.80. The first-order valence-corrected chi connectivity index (χ1v) is 7.13. The van der Waals surface area contributed by atoms with Crippen molar-refractivity contribution in [1.82, 2.24) is 9.88 Å². The number of carbonyl (C=O) groups is 1. The molecule has 20 heavy (non-hydrogen) atoms. The molecule has 0 bridgehead atoms. The topological polar surface area (TPSA) is 53.4 Å². The molecule has 0 aliphatic rings. The zero-order valence-corrected chi connectivity index (χ0v) is 12.1. The Balaban J connectivity index is 2.94. The molecule has 8 heteroatoms. The van der Waals surface area contributed by atoms with Gasteiger partial charge in [-0.2, -0.15) is 13.2 Å². The molecule has 4 nitrogen and oxygen atoms in total. The molecule has 0 spiro atoms. The van der Waals surface area contributed by atoms with Crippen LogP contribution in [0.4, 0.5) is 13.2 Å². The van der Waals surface area contributed by atoms with Gasteiger partial charge in [0.25, 0.3) is 0 Å². The molecule has 1 aromatic rings. The first-order chi connectivity index (χ1) is 9.29. The van der Waals surface area contributed by atoms with Gasteiger partial charge in [-0.05, 0) is 19.5 Å². The van der Waals surface area contributed by atoms with E-state index < -0.39 is 22.7 Å². The average Bonchev–Trinajstić information content (AvgIpc) is 2.78. The Kier molecular flexibility index (Phi) is 5.94. The normalized spacial score (nSPS) is 12.1. The summed E-state index contributed by atoms with van der Waals surface area (Å²) in [4.78, 5) is 15.6. The van der Waals surface area contributed by atoms with Crippen LogP contribution in [0.2, 0.25) is 0 Å². The van der Waals surface area contributed by atoms with Gasteiger partial charge in [-0.1, -0.05) is 20.3 Å². The molecule has 0 aliphatic heterocycles. The van der Waals surface area contributed by atoms with Crippen LogP contribution in [-0.2, 0) is 12.7 Å². The Hall–Kier alpha value is -1.15. The minimum Gasteiger partial charge on any atom is -0.477 e. The predicted molar refractivity (Wildman–Crippen MR) is 69.9 cm³/mol. The maximum atomic E-state index is 12.7. The maximum absolute atomic E-state index is 12.7. The lowest BCUT2D eigenvalue weighted by atomic mass is 10.3. The van der Waals surface area contributed by atoms with Crippen LogP contribution in [0.3, 0.4) is 0 Å². The molecule has 0 fully saturated rings. The van der Waals surface area contributed by atoms with Crippen molar-refractivity contribution in [3.8, 4) is 0 Å². The quantitative estimate of drug-likeness (QED) is 0.837. The number of thiazole rings is 1. The number of hydrogen-bond acceptors (Lipinski definition) is 4. The van der Waals surface area contributed by atoms with Crippen molar-refractivity contribution in [2.75, 3.05) is 13.1 Å². The third kappa shape index (κ3) is 4.45. The zero-order chi connectivity index (χ0) is 15.3. The molecule has 114 valence electrons. The Morgan fingerprint density at radius 1 is 1.40 bits per heavy atom. The van der Waals surface area contributed by atoms with Gasteiger partial charge in [-0.3, -0.25) is 4.90 Å². The minimum absolute atomic E-state index is 0.188. The van der Waals surface area contributed by atoms with E-state index in [0.29, 0.717) is 17.9 Å². The molecule has 0 saturated heterocycles. The Morgan fingerprint density at radius 2 is 2.05 bits per heavy atom. The monoisotopic (exact) mass is 310 g/mol. The van der Waals surface area contributed by atoms with Gasteiger partial charge in [0.15, 0.2) is 5.69 Å². The van der Waals surface area contributed by atoms with Crippen LogP contribution in [0, 0.1) is 0 Å². The number of halogens is 3. The fraction of sp³-hybridized carbons (Fsp3) is 0.667. The number of nitrogens with zero attached hydrogens (tertiary/aromatic N) is 2. The van der Waals surface area contributed by atoms with Crippen molar-refractivity contribution in [3.63, 3.8) is 0 Å². The Morgan fingerprint density at radius 3 is 2.45 bits per heavy atom. The van der Waals surface area contributed by atoms with E-state index in [0.717, 1.165) is 19.4 Å². The Bertz CT molecular complexity index is 460. The molecule has 0 aromatic carbocycles. The van der Waals surface area contributed by atoms with E-state index in [1.807, 2.05) is 18.7 Å². The molecule has 1 rings (SSSR count). The fourth-order valence-corrected chi connectivity index (χ4v) is 2.66. The van der Waals surface area contributed by atoms with Gasteiger partial charge in [0, 0.05) is 0 Å². The molecular weight excluding hydrogens is 293 g/mol. The van der Waals surface area contributed by atoms with Gasteiger partial charge in [0.2, 0.25) is 0 Å². The zero-order valence-electron chi connectivity index (χ0n) is 11.3. The summed E-state index contributed by atoms with van der Waals surface area (Å²) < 4.78 is 38.1. The molecule has 0 saturated carbocycles. The van der Waals surface area contributed by atoms with Gasteiger partial charge in [-0.25, -0.2) is 9.78 Å². The largest absolute Gasteiger partial charge is 0.477 e. The van der Waals surface area contributed by atoms with E-state index in [1.54, 1.807) is 0 Å². The Labute approximate surface area is 119 Å². The maximum Gasteiger partial charge on any atom is 0.435 e. The predicted octanol–water partition coefficient (Wildman–Crippen LogP) is 3.48.